The zero-order valence-corrected chi connectivity index (χ0v) is 14.6. The van der Waals surface area contributed by atoms with Gasteiger partial charge in [-0.3, -0.25) is 4.79 Å². The maximum atomic E-state index is 12.4. The van der Waals surface area contributed by atoms with Crippen molar-refractivity contribution in [3.63, 3.8) is 0 Å². The van der Waals surface area contributed by atoms with Crippen molar-refractivity contribution in [3.05, 3.63) is 47.3 Å². The van der Waals surface area contributed by atoms with Crippen LogP contribution >= 0.6 is 0 Å². The Kier molecular flexibility index (Phi) is 5.73. The fourth-order valence-corrected chi connectivity index (χ4v) is 2.58. The molecular formula is C18H24N3O3+. The molecule has 0 unspecified atom stereocenters. The number of hydrogen-bond donors (Lipinski definition) is 1. The van der Waals surface area contributed by atoms with Crippen molar-refractivity contribution in [1.29, 1.82) is 0 Å². The number of esters is 1. The van der Waals surface area contributed by atoms with Gasteiger partial charge in [-0.05, 0) is 38.8 Å². The van der Waals surface area contributed by atoms with Crippen LogP contribution in [0.25, 0.3) is 0 Å². The van der Waals surface area contributed by atoms with E-state index in [1.165, 1.54) is 0 Å². The molecule has 1 aromatic carbocycles. The molecule has 2 rings (SSSR count). The van der Waals surface area contributed by atoms with Crippen LogP contribution in [0.4, 0.5) is 5.69 Å². The highest BCUT2D eigenvalue weighted by atomic mass is 16.5. The topological polar surface area (TPSA) is 64.2 Å². The Balaban J connectivity index is 2.12. The molecule has 0 aliphatic heterocycles. The molecule has 2 aromatic rings. The fourth-order valence-electron chi connectivity index (χ4n) is 2.58. The zero-order chi connectivity index (χ0) is 17.7. The third-order valence-electron chi connectivity index (χ3n) is 3.84. The molecule has 0 aliphatic carbocycles. The van der Waals surface area contributed by atoms with E-state index >= 15 is 0 Å². The van der Waals surface area contributed by atoms with Gasteiger partial charge >= 0.3 is 5.97 Å². The highest BCUT2D eigenvalue weighted by molar-refractivity contribution is 5.92. The first-order chi connectivity index (χ1) is 11.4. The summed E-state index contributed by atoms with van der Waals surface area (Å²) < 4.78 is 8.42. The van der Waals surface area contributed by atoms with Gasteiger partial charge in [-0.1, -0.05) is 18.2 Å². The molecule has 1 N–H and O–H groups in total. The van der Waals surface area contributed by atoms with Gasteiger partial charge in [-0.25, -0.2) is 4.79 Å². The smallest absolute Gasteiger partial charge is 0.375 e. The van der Waals surface area contributed by atoms with Crippen molar-refractivity contribution in [2.24, 2.45) is 0 Å². The summed E-state index contributed by atoms with van der Waals surface area (Å²) in [6.45, 7) is 8.14. The summed E-state index contributed by atoms with van der Waals surface area (Å²) in [5, 5.41) is 2.96. The van der Waals surface area contributed by atoms with Gasteiger partial charge in [0.1, 0.15) is 0 Å². The van der Waals surface area contributed by atoms with E-state index in [1.807, 2.05) is 45.0 Å². The highest BCUT2D eigenvalue weighted by Crippen LogP contribution is 2.19. The maximum absolute atomic E-state index is 12.4. The minimum absolute atomic E-state index is 0.0817. The fraction of sp³-hybridized carbons (Fsp3) is 0.389. The summed E-state index contributed by atoms with van der Waals surface area (Å²) in [6.07, 6.45) is 1.78. The number of benzene rings is 1. The normalized spacial score (nSPS) is 10.5. The summed E-state index contributed by atoms with van der Waals surface area (Å²) in [5.74, 6) is -0.457. The molecule has 128 valence electrons. The van der Waals surface area contributed by atoms with E-state index in [2.05, 4.69) is 5.32 Å². The molecular weight excluding hydrogens is 306 g/mol. The minimum atomic E-state index is -0.322. The Morgan fingerprint density at radius 1 is 1.17 bits per heavy atom. The molecule has 0 atom stereocenters. The van der Waals surface area contributed by atoms with E-state index in [1.54, 1.807) is 22.5 Å². The number of carbonyl (C=O) groups is 2. The second-order valence-corrected chi connectivity index (χ2v) is 5.73. The number of para-hydroxylation sites is 1. The molecule has 24 heavy (non-hydrogen) atoms. The molecule has 0 bridgehead atoms. The molecule has 0 saturated heterocycles. The molecule has 0 fully saturated rings. The summed E-state index contributed by atoms with van der Waals surface area (Å²) in [7, 11) is 0. The lowest BCUT2D eigenvalue weighted by atomic mass is 10.1. The van der Waals surface area contributed by atoms with Gasteiger partial charge in [0.2, 0.25) is 5.91 Å². The number of ether oxygens (including phenoxy) is 1. The Bertz CT molecular complexity index is 730. The first-order valence-corrected chi connectivity index (χ1v) is 8.00. The second kappa shape index (κ2) is 7.77. The van der Waals surface area contributed by atoms with Crippen LogP contribution < -0.4 is 10.00 Å². The van der Waals surface area contributed by atoms with E-state index in [-0.39, 0.29) is 25.0 Å². The molecule has 0 saturated carbocycles. The Morgan fingerprint density at radius 2 is 1.83 bits per heavy atom. The number of anilines is 1. The maximum Gasteiger partial charge on any atom is 0.375 e. The van der Waals surface area contributed by atoms with Crippen molar-refractivity contribution >= 4 is 17.6 Å². The minimum Gasteiger partial charge on any atom is -0.461 e. The number of carbonyl (C=O) groups excluding carboxylic acids is 2. The molecule has 0 radical (unpaired) electrons. The first-order valence-electron chi connectivity index (χ1n) is 8.00. The van der Waals surface area contributed by atoms with Gasteiger partial charge in [-0.15, -0.1) is 9.36 Å². The largest absolute Gasteiger partial charge is 0.461 e. The lowest BCUT2D eigenvalue weighted by molar-refractivity contribution is -0.764. The summed E-state index contributed by atoms with van der Waals surface area (Å²) >= 11 is 0. The Hall–Kier alpha value is -2.63. The quantitative estimate of drug-likeness (QED) is 0.650. The van der Waals surface area contributed by atoms with E-state index < -0.39 is 0 Å². The first kappa shape index (κ1) is 17.7. The van der Waals surface area contributed by atoms with Crippen LogP contribution in [0.1, 0.15) is 23.7 Å². The van der Waals surface area contributed by atoms with Crippen LogP contribution in [-0.2, 0) is 27.4 Å². The molecule has 1 aromatic heterocycles. The Morgan fingerprint density at radius 3 is 2.46 bits per heavy atom. The number of aromatic nitrogens is 2. The summed E-state index contributed by atoms with van der Waals surface area (Å²) in [4.78, 5) is 24.1. The van der Waals surface area contributed by atoms with Gasteiger partial charge in [0.05, 0.1) is 12.3 Å². The van der Waals surface area contributed by atoms with Gasteiger partial charge < -0.3 is 10.1 Å². The van der Waals surface area contributed by atoms with E-state index in [0.29, 0.717) is 6.61 Å². The number of rotatable bonds is 6. The van der Waals surface area contributed by atoms with Gasteiger partial charge in [0.15, 0.2) is 12.7 Å². The van der Waals surface area contributed by atoms with Gasteiger partial charge in [-0.2, -0.15) is 0 Å². The van der Waals surface area contributed by atoms with Crippen LogP contribution in [-0.4, -0.2) is 23.2 Å². The van der Waals surface area contributed by atoms with Gasteiger partial charge in [0, 0.05) is 11.8 Å². The van der Waals surface area contributed by atoms with Crippen LogP contribution in [0, 0.1) is 20.8 Å². The number of nitrogens with zero attached hydrogens (tertiary/aromatic N) is 2. The zero-order valence-electron chi connectivity index (χ0n) is 14.6. The van der Waals surface area contributed by atoms with Crippen LogP contribution in [0.3, 0.4) is 0 Å². The Labute approximate surface area is 142 Å². The lowest BCUT2D eigenvalue weighted by Crippen LogP contribution is -2.48. The predicted molar refractivity (Wildman–Crippen MR) is 90.5 cm³/mol. The highest BCUT2D eigenvalue weighted by Gasteiger charge is 2.20. The number of nitrogens with one attached hydrogen (secondary N) is 1. The summed E-state index contributed by atoms with van der Waals surface area (Å²) in [6, 6.07) is 7.75. The third-order valence-corrected chi connectivity index (χ3v) is 3.84. The van der Waals surface area contributed by atoms with Crippen molar-refractivity contribution in [2.45, 2.75) is 40.8 Å². The lowest BCUT2D eigenvalue weighted by Gasteiger charge is -2.12. The SMILES string of the molecule is CCOC(=O)C[n+]1ccc(C)n1CC(=O)Nc1c(C)cccc1C. The molecule has 1 amide bonds. The monoisotopic (exact) mass is 330 g/mol. The summed E-state index contributed by atoms with van der Waals surface area (Å²) in [5.41, 5.74) is 3.78. The van der Waals surface area contributed by atoms with Gasteiger partial charge in [0.25, 0.3) is 6.54 Å². The van der Waals surface area contributed by atoms with Crippen molar-refractivity contribution < 1.29 is 19.0 Å². The van der Waals surface area contributed by atoms with E-state index in [0.717, 1.165) is 22.5 Å². The van der Waals surface area contributed by atoms with Crippen LogP contribution in [0.2, 0.25) is 0 Å². The van der Waals surface area contributed by atoms with Crippen LogP contribution in [0.15, 0.2) is 30.5 Å². The van der Waals surface area contributed by atoms with Crippen molar-refractivity contribution in [1.82, 2.24) is 4.68 Å². The van der Waals surface area contributed by atoms with E-state index in [9.17, 15) is 9.59 Å². The number of amides is 1. The number of aryl methyl sites for hydroxylation is 3. The molecule has 6 heteroatoms. The average Bonchev–Trinajstić information content (AvgIpc) is 2.84. The average molecular weight is 330 g/mol. The third kappa shape index (κ3) is 4.22. The number of hydrogen-bond acceptors (Lipinski definition) is 3. The van der Waals surface area contributed by atoms with Crippen molar-refractivity contribution in [3.8, 4) is 0 Å². The van der Waals surface area contributed by atoms with Crippen LogP contribution in [0.5, 0.6) is 0 Å². The molecule has 0 aliphatic rings. The predicted octanol–water partition coefficient (Wildman–Crippen LogP) is 1.90. The van der Waals surface area contributed by atoms with Crippen molar-refractivity contribution in [2.75, 3.05) is 11.9 Å². The van der Waals surface area contributed by atoms with E-state index in [4.69, 9.17) is 4.74 Å². The molecule has 6 nitrogen and oxygen atoms in total. The molecule has 1 heterocycles. The standard InChI is InChI=1S/C18H23N3O3/c1-5-24-17(23)12-20-10-9-15(4)21(20)11-16(22)19-18-13(2)7-6-8-14(18)3/h6-10H,5,11-12H2,1-4H3/p+1. The second-order valence-electron chi connectivity index (χ2n) is 5.73. The molecule has 0 spiro atoms.